The summed E-state index contributed by atoms with van der Waals surface area (Å²) in [4.78, 5) is 7.80. The second-order valence-electron chi connectivity index (χ2n) is 3.52. The van der Waals surface area contributed by atoms with Gasteiger partial charge in [0.15, 0.2) is 0 Å². The SMILES string of the molecule is COc1ncc(NS(=O)(=O)c2ccc(Br)cc2)cn1. The molecule has 0 spiro atoms. The van der Waals surface area contributed by atoms with E-state index in [1.807, 2.05) is 0 Å². The average molecular weight is 344 g/mol. The molecule has 0 amide bonds. The molecule has 0 bridgehead atoms. The lowest BCUT2D eigenvalue weighted by atomic mass is 10.4. The van der Waals surface area contributed by atoms with Crippen LogP contribution in [0.3, 0.4) is 0 Å². The van der Waals surface area contributed by atoms with Crippen LogP contribution in [0.15, 0.2) is 46.0 Å². The number of nitrogens with one attached hydrogen (secondary N) is 1. The fourth-order valence-corrected chi connectivity index (χ4v) is 2.59. The van der Waals surface area contributed by atoms with E-state index in [2.05, 4.69) is 30.6 Å². The van der Waals surface area contributed by atoms with Crippen molar-refractivity contribution in [2.75, 3.05) is 11.8 Å². The average Bonchev–Trinajstić information content (AvgIpc) is 2.40. The van der Waals surface area contributed by atoms with Crippen molar-refractivity contribution >= 4 is 31.6 Å². The van der Waals surface area contributed by atoms with Gasteiger partial charge in [-0.2, -0.15) is 0 Å². The molecule has 0 fully saturated rings. The first-order valence-corrected chi connectivity index (χ1v) is 7.43. The highest BCUT2D eigenvalue weighted by Gasteiger charge is 2.14. The molecule has 0 aliphatic carbocycles. The number of halogens is 1. The first-order valence-electron chi connectivity index (χ1n) is 5.16. The molecule has 2 aromatic rings. The van der Waals surface area contributed by atoms with Crippen molar-refractivity contribution < 1.29 is 13.2 Å². The van der Waals surface area contributed by atoms with Gasteiger partial charge in [0.25, 0.3) is 10.0 Å². The lowest BCUT2D eigenvalue weighted by Gasteiger charge is -2.07. The van der Waals surface area contributed by atoms with Crippen molar-refractivity contribution in [3.63, 3.8) is 0 Å². The van der Waals surface area contributed by atoms with E-state index in [4.69, 9.17) is 4.74 Å². The van der Waals surface area contributed by atoms with Gasteiger partial charge in [0.05, 0.1) is 30.1 Å². The van der Waals surface area contributed by atoms with Gasteiger partial charge in [0, 0.05) is 4.47 Å². The number of hydrogen-bond donors (Lipinski definition) is 1. The van der Waals surface area contributed by atoms with Crippen LogP contribution < -0.4 is 9.46 Å². The third-order valence-corrected chi connectivity index (χ3v) is 4.11. The smallest absolute Gasteiger partial charge is 0.316 e. The molecule has 8 heteroatoms. The van der Waals surface area contributed by atoms with Crippen LogP contribution in [0, 0.1) is 0 Å². The van der Waals surface area contributed by atoms with Crippen LogP contribution in [-0.2, 0) is 10.0 Å². The topological polar surface area (TPSA) is 81.2 Å². The number of rotatable bonds is 4. The Labute approximate surface area is 119 Å². The summed E-state index contributed by atoms with van der Waals surface area (Å²) >= 11 is 3.25. The molecule has 19 heavy (non-hydrogen) atoms. The Bertz CT molecular complexity index is 657. The summed E-state index contributed by atoms with van der Waals surface area (Å²) < 4.78 is 32.1. The van der Waals surface area contributed by atoms with Crippen molar-refractivity contribution in [1.82, 2.24) is 9.97 Å². The zero-order chi connectivity index (χ0) is 13.9. The molecule has 2 rings (SSSR count). The second kappa shape index (κ2) is 5.54. The van der Waals surface area contributed by atoms with Crippen molar-refractivity contribution in [2.24, 2.45) is 0 Å². The van der Waals surface area contributed by atoms with Crippen molar-refractivity contribution in [3.05, 3.63) is 41.1 Å². The van der Waals surface area contributed by atoms with E-state index < -0.39 is 10.0 Å². The third-order valence-electron chi connectivity index (χ3n) is 2.19. The maximum atomic E-state index is 12.1. The van der Waals surface area contributed by atoms with E-state index >= 15 is 0 Å². The van der Waals surface area contributed by atoms with E-state index in [1.165, 1.54) is 31.6 Å². The molecule has 0 unspecified atom stereocenters. The lowest BCUT2D eigenvalue weighted by Crippen LogP contribution is -2.13. The zero-order valence-corrected chi connectivity index (χ0v) is 12.3. The number of aromatic nitrogens is 2. The first-order chi connectivity index (χ1) is 9.01. The number of nitrogens with zero attached hydrogens (tertiary/aromatic N) is 2. The number of ether oxygens (including phenoxy) is 1. The largest absolute Gasteiger partial charge is 0.467 e. The Balaban J connectivity index is 2.23. The Hall–Kier alpha value is -1.67. The molecule has 0 aliphatic rings. The van der Waals surface area contributed by atoms with Crippen LogP contribution >= 0.6 is 15.9 Å². The summed E-state index contributed by atoms with van der Waals surface area (Å²) in [5.41, 5.74) is 0.267. The molecule has 1 N–H and O–H groups in total. The number of anilines is 1. The summed E-state index contributed by atoms with van der Waals surface area (Å²) in [6, 6.07) is 6.47. The molecule has 0 aliphatic heterocycles. The number of sulfonamides is 1. The predicted molar refractivity (Wildman–Crippen MR) is 73.5 cm³/mol. The molecular formula is C11H10BrN3O3S. The Morgan fingerprint density at radius 3 is 2.26 bits per heavy atom. The molecule has 100 valence electrons. The number of methoxy groups -OCH3 is 1. The predicted octanol–water partition coefficient (Wildman–Crippen LogP) is 2.05. The van der Waals surface area contributed by atoms with Gasteiger partial charge in [0.2, 0.25) is 0 Å². The summed E-state index contributed by atoms with van der Waals surface area (Å²) in [5.74, 6) is 0. The minimum absolute atomic E-state index is 0.159. The zero-order valence-electron chi connectivity index (χ0n) is 9.87. The molecule has 6 nitrogen and oxygen atoms in total. The van der Waals surface area contributed by atoms with E-state index in [0.717, 1.165) is 4.47 Å². The van der Waals surface area contributed by atoms with Crippen molar-refractivity contribution in [3.8, 4) is 6.01 Å². The molecular weight excluding hydrogens is 334 g/mol. The van der Waals surface area contributed by atoms with Gasteiger partial charge in [-0.15, -0.1) is 0 Å². The fourth-order valence-electron chi connectivity index (χ4n) is 1.30. The third kappa shape index (κ3) is 3.42. The molecule has 0 atom stereocenters. The number of benzene rings is 1. The monoisotopic (exact) mass is 343 g/mol. The minimum Gasteiger partial charge on any atom is -0.467 e. The highest BCUT2D eigenvalue weighted by Crippen LogP contribution is 2.18. The van der Waals surface area contributed by atoms with Gasteiger partial charge in [-0.1, -0.05) is 15.9 Å². The van der Waals surface area contributed by atoms with Crippen LogP contribution in [0.4, 0.5) is 5.69 Å². The minimum atomic E-state index is -3.64. The molecule has 0 saturated heterocycles. The van der Waals surface area contributed by atoms with Crippen LogP contribution in [0.25, 0.3) is 0 Å². The fraction of sp³-hybridized carbons (Fsp3) is 0.0909. The number of hydrogen-bond acceptors (Lipinski definition) is 5. The quantitative estimate of drug-likeness (QED) is 0.918. The highest BCUT2D eigenvalue weighted by atomic mass is 79.9. The van der Waals surface area contributed by atoms with E-state index in [-0.39, 0.29) is 16.6 Å². The Kier molecular flexibility index (Phi) is 4.01. The van der Waals surface area contributed by atoms with E-state index in [1.54, 1.807) is 12.1 Å². The van der Waals surface area contributed by atoms with Gasteiger partial charge in [0.1, 0.15) is 0 Å². The highest BCUT2D eigenvalue weighted by molar-refractivity contribution is 9.10. The maximum Gasteiger partial charge on any atom is 0.316 e. The van der Waals surface area contributed by atoms with Crippen LogP contribution in [-0.4, -0.2) is 25.5 Å². The second-order valence-corrected chi connectivity index (χ2v) is 6.12. The van der Waals surface area contributed by atoms with Crippen molar-refractivity contribution in [1.29, 1.82) is 0 Å². The Morgan fingerprint density at radius 2 is 1.74 bits per heavy atom. The van der Waals surface area contributed by atoms with Gasteiger partial charge in [-0.05, 0) is 24.3 Å². The summed E-state index contributed by atoms with van der Waals surface area (Å²) in [5, 5.41) is 0. The van der Waals surface area contributed by atoms with E-state index in [0.29, 0.717) is 0 Å². The summed E-state index contributed by atoms with van der Waals surface area (Å²) in [7, 11) is -2.21. The molecule has 1 aromatic carbocycles. The first kappa shape index (κ1) is 13.8. The normalized spacial score (nSPS) is 11.1. The molecule has 0 radical (unpaired) electrons. The lowest BCUT2D eigenvalue weighted by molar-refractivity contribution is 0.380. The van der Waals surface area contributed by atoms with Crippen LogP contribution in [0.1, 0.15) is 0 Å². The summed E-state index contributed by atoms with van der Waals surface area (Å²) in [6.45, 7) is 0. The van der Waals surface area contributed by atoms with Crippen molar-refractivity contribution in [2.45, 2.75) is 4.90 Å². The molecule has 0 saturated carbocycles. The maximum absolute atomic E-state index is 12.1. The van der Waals surface area contributed by atoms with Crippen LogP contribution in [0.2, 0.25) is 0 Å². The Morgan fingerprint density at radius 1 is 1.16 bits per heavy atom. The molecule has 1 heterocycles. The van der Waals surface area contributed by atoms with E-state index in [9.17, 15) is 8.42 Å². The summed E-state index contributed by atoms with van der Waals surface area (Å²) in [6.07, 6.45) is 2.67. The van der Waals surface area contributed by atoms with Gasteiger partial charge < -0.3 is 4.74 Å². The van der Waals surface area contributed by atoms with Gasteiger partial charge >= 0.3 is 6.01 Å². The molecule has 1 aromatic heterocycles. The standard InChI is InChI=1S/C11H10BrN3O3S/c1-18-11-13-6-9(7-14-11)15-19(16,17)10-4-2-8(12)3-5-10/h2-7,15H,1H3. The van der Waals surface area contributed by atoms with Crippen LogP contribution in [0.5, 0.6) is 6.01 Å². The van der Waals surface area contributed by atoms with Gasteiger partial charge in [-0.3, -0.25) is 4.72 Å². The van der Waals surface area contributed by atoms with Gasteiger partial charge in [-0.25, -0.2) is 18.4 Å².